The molecule has 0 heterocycles. The number of hydrogen-bond donors (Lipinski definition) is 1. The van der Waals surface area contributed by atoms with Crippen LogP contribution in [0.3, 0.4) is 0 Å². The molecule has 0 atom stereocenters. The van der Waals surface area contributed by atoms with E-state index in [9.17, 15) is 9.18 Å². The predicted octanol–water partition coefficient (Wildman–Crippen LogP) is 5.68. The second kappa shape index (κ2) is 7.99. The van der Waals surface area contributed by atoms with Crippen LogP contribution in [0.4, 0.5) is 10.1 Å². The molecule has 2 nitrogen and oxygen atoms in total. The number of carbonyl (C=O) groups excluding carboxylic acids is 1. The van der Waals surface area contributed by atoms with Gasteiger partial charge in [0.25, 0.3) is 5.91 Å². The fraction of sp³-hybridized carbons (Fsp3) is 0.0952. The van der Waals surface area contributed by atoms with Gasteiger partial charge < -0.3 is 5.32 Å². The lowest BCUT2D eigenvalue weighted by Crippen LogP contribution is -2.11. The molecule has 1 amide bonds. The number of amides is 1. The fourth-order valence-corrected chi connectivity index (χ4v) is 3.18. The summed E-state index contributed by atoms with van der Waals surface area (Å²) in [6, 6.07) is 21.8. The first-order valence-corrected chi connectivity index (χ1v) is 8.94. The monoisotopic (exact) mass is 351 g/mol. The van der Waals surface area contributed by atoms with Crippen LogP contribution in [-0.4, -0.2) is 5.91 Å². The highest BCUT2D eigenvalue weighted by molar-refractivity contribution is 7.98. The number of halogens is 1. The van der Waals surface area contributed by atoms with Crippen molar-refractivity contribution < 1.29 is 9.18 Å². The lowest BCUT2D eigenvalue weighted by Gasteiger charge is -2.07. The Morgan fingerprint density at radius 2 is 1.72 bits per heavy atom. The van der Waals surface area contributed by atoms with Gasteiger partial charge in [0.05, 0.1) is 0 Å². The van der Waals surface area contributed by atoms with Crippen molar-refractivity contribution in [1.82, 2.24) is 0 Å². The van der Waals surface area contributed by atoms with Crippen molar-refractivity contribution in [3.8, 4) is 0 Å². The molecule has 1 N–H and O–H groups in total. The summed E-state index contributed by atoms with van der Waals surface area (Å²) in [5.41, 5.74) is 3.39. The molecule has 0 unspecified atom stereocenters. The summed E-state index contributed by atoms with van der Waals surface area (Å²) in [4.78, 5) is 13.4. The van der Waals surface area contributed by atoms with Crippen molar-refractivity contribution in [1.29, 1.82) is 0 Å². The SMILES string of the molecule is Cc1ccc(SCc2ccc(C(=O)Nc3cccc(F)c3)cc2)cc1. The Morgan fingerprint density at radius 3 is 2.40 bits per heavy atom. The van der Waals surface area contributed by atoms with Crippen LogP contribution in [0.5, 0.6) is 0 Å². The quantitative estimate of drug-likeness (QED) is 0.599. The Kier molecular flexibility index (Phi) is 5.51. The molecule has 0 aliphatic carbocycles. The number of rotatable bonds is 5. The summed E-state index contributed by atoms with van der Waals surface area (Å²) in [6.07, 6.45) is 0. The van der Waals surface area contributed by atoms with E-state index in [1.165, 1.54) is 22.6 Å². The van der Waals surface area contributed by atoms with Gasteiger partial charge in [-0.05, 0) is 55.0 Å². The Morgan fingerprint density at radius 1 is 1.00 bits per heavy atom. The number of thioether (sulfide) groups is 1. The third-order valence-corrected chi connectivity index (χ3v) is 4.81. The predicted molar refractivity (Wildman–Crippen MR) is 102 cm³/mol. The third kappa shape index (κ3) is 4.94. The first-order chi connectivity index (χ1) is 12.1. The minimum Gasteiger partial charge on any atom is -0.322 e. The van der Waals surface area contributed by atoms with E-state index >= 15 is 0 Å². The van der Waals surface area contributed by atoms with Crippen molar-refractivity contribution in [2.75, 3.05) is 5.32 Å². The molecule has 0 aliphatic rings. The topological polar surface area (TPSA) is 29.1 Å². The summed E-state index contributed by atoms with van der Waals surface area (Å²) in [6.45, 7) is 2.07. The average molecular weight is 351 g/mol. The van der Waals surface area contributed by atoms with Crippen LogP contribution in [0.25, 0.3) is 0 Å². The molecule has 0 radical (unpaired) electrons. The average Bonchev–Trinajstić information content (AvgIpc) is 2.62. The Balaban J connectivity index is 1.59. The molecule has 0 fully saturated rings. The van der Waals surface area contributed by atoms with Crippen LogP contribution in [0.15, 0.2) is 77.7 Å². The summed E-state index contributed by atoms with van der Waals surface area (Å²) in [5, 5.41) is 2.70. The van der Waals surface area contributed by atoms with E-state index in [0.29, 0.717) is 11.3 Å². The molecule has 126 valence electrons. The Hall–Kier alpha value is -2.59. The maximum absolute atomic E-state index is 13.2. The zero-order chi connectivity index (χ0) is 17.6. The van der Waals surface area contributed by atoms with Gasteiger partial charge in [-0.25, -0.2) is 4.39 Å². The number of aryl methyl sites for hydroxylation is 1. The molecular formula is C21H18FNOS. The molecule has 0 aliphatic heterocycles. The third-order valence-electron chi connectivity index (χ3n) is 3.73. The molecule has 0 saturated carbocycles. The van der Waals surface area contributed by atoms with Gasteiger partial charge in [0.15, 0.2) is 0 Å². The van der Waals surface area contributed by atoms with E-state index in [4.69, 9.17) is 0 Å². The zero-order valence-electron chi connectivity index (χ0n) is 13.8. The molecule has 0 aromatic heterocycles. The van der Waals surface area contributed by atoms with Gasteiger partial charge in [0, 0.05) is 21.9 Å². The van der Waals surface area contributed by atoms with Gasteiger partial charge >= 0.3 is 0 Å². The zero-order valence-corrected chi connectivity index (χ0v) is 14.6. The van der Waals surface area contributed by atoms with E-state index in [-0.39, 0.29) is 11.7 Å². The molecule has 4 heteroatoms. The van der Waals surface area contributed by atoms with Crippen molar-refractivity contribution in [2.45, 2.75) is 17.6 Å². The van der Waals surface area contributed by atoms with E-state index in [1.807, 2.05) is 12.1 Å². The second-order valence-corrected chi connectivity index (χ2v) is 6.81. The number of nitrogens with one attached hydrogen (secondary N) is 1. The Labute approximate surface area is 151 Å². The largest absolute Gasteiger partial charge is 0.322 e. The minimum absolute atomic E-state index is 0.247. The number of hydrogen-bond acceptors (Lipinski definition) is 2. The maximum atomic E-state index is 13.2. The molecule has 3 aromatic rings. The summed E-state index contributed by atoms with van der Waals surface area (Å²) < 4.78 is 13.2. The van der Waals surface area contributed by atoms with E-state index in [0.717, 1.165) is 11.3 Å². The first kappa shape index (κ1) is 17.2. The maximum Gasteiger partial charge on any atom is 0.255 e. The molecule has 0 saturated heterocycles. The van der Waals surface area contributed by atoms with Crippen LogP contribution in [-0.2, 0) is 5.75 Å². The molecule has 25 heavy (non-hydrogen) atoms. The van der Waals surface area contributed by atoms with E-state index in [2.05, 4.69) is 36.5 Å². The van der Waals surface area contributed by atoms with Crippen molar-refractivity contribution in [3.05, 3.63) is 95.3 Å². The van der Waals surface area contributed by atoms with Gasteiger partial charge in [-0.1, -0.05) is 35.9 Å². The summed E-state index contributed by atoms with van der Waals surface area (Å²) >= 11 is 1.76. The van der Waals surface area contributed by atoms with E-state index in [1.54, 1.807) is 36.0 Å². The molecule has 3 rings (SSSR count). The van der Waals surface area contributed by atoms with Gasteiger partial charge in [0.2, 0.25) is 0 Å². The highest BCUT2D eigenvalue weighted by Crippen LogP contribution is 2.23. The number of benzene rings is 3. The highest BCUT2D eigenvalue weighted by atomic mass is 32.2. The van der Waals surface area contributed by atoms with Crippen LogP contribution in [0.2, 0.25) is 0 Å². The lowest BCUT2D eigenvalue weighted by molar-refractivity contribution is 0.102. The number of anilines is 1. The second-order valence-electron chi connectivity index (χ2n) is 5.76. The smallest absolute Gasteiger partial charge is 0.255 e. The van der Waals surface area contributed by atoms with Crippen LogP contribution >= 0.6 is 11.8 Å². The van der Waals surface area contributed by atoms with Gasteiger partial charge in [-0.15, -0.1) is 11.8 Å². The Bertz CT molecular complexity index is 860. The lowest BCUT2D eigenvalue weighted by atomic mass is 10.1. The number of carbonyl (C=O) groups is 1. The standard InChI is InChI=1S/C21H18FNOS/c1-15-5-11-20(12-6-15)25-14-16-7-9-17(10-8-16)21(24)23-19-4-2-3-18(22)13-19/h2-13H,14H2,1H3,(H,23,24). The first-order valence-electron chi connectivity index (χ1n) is 7.95. The van der Waals surface area contributed by atoms with E-state index < -0.39 is 0 Å². The van der Waals surface area contributed by atoms with Crippen LogP contribution < -0.4 is 5.32 Å². The fourth-order valence-electron chi connectivity index (χ4n) is 2.32. The van der Waals surface area contributed by atoms with Crippen molar-refractivity contribution in [3.63, 3.8) is 0 Å². The van der Waals surface area contributed by atoms with Gasteiger partial charge in [0.1, 0.15) is 5.82 Å². The van der Waals surface area contributed by atoms with Crippen LogP contribution in [0, 0.1) is 12.7 Å². The minimum atomic E-state index is -0.374. The molecular weight excluding hydrogens is 333 g/mol. The molecule has 3 aromatic carbocycles. The van der Waals surface area contributed by atoms with Crippen molar-refractivity contribution >= 4 is 23.4 Å². The molecule has 0 spiro atoms. The highest BCUT2D eigenvalue weighted by Gasteiger charge is 2.07. The molecule has 0 bridgehead atoms. The normalized spacial score (nSPS) is 10.5. The summed E-state index contributed by atoms with van der Waals surface area (Å²) in [7, 11) is 0. The van der Waals surface area contributed by atoms with Gasteiger partial charge in [-0.2, -0.15) is 0 Å². The summed E-state index contributed by atoms with van der Waals surface area (Å²) in [5.74, 6) is 0.221. The van der Waals surface area contributed by atoms with Crippen molar-refractivity contribution in [2.24, 2.45) is 0 Å². The van der Waals surface area contributed by atoms with Gasteiger partial charge in [-0.3, -0.25) is 4.79 Å². The van der Waals surface area contributed by atoms with Crippen LogP contribution in [0.1, 0.15) is 21.5 Å².